The van der Waals surface area contributed by atoms with Crippen LogP contribution in [0.5, 0.6) is 0 Å². The second kappa shape index (κ2) is 9.92. The molecular weight excluding hydrogens is 250 g/mol. The molecule has 0 aromatic heterocycles. The maximum atomic E-state index is 5.99. The summed E-state index contributed by atoms with van der Waals surface area (Å²) in [6.45, 7) is 8.58. The van der Waals surface area contributed by atoms with Gasteiger partial charge in [-0.2, -0.15) is 0 Å². The van der Waals surface area contributed by atoms with Gasteiger partial charge in [0.2, 0.25) is 0 Å². The molecule has 0 aliphatic heterocycles. The van der Waals surface area contributed by atoms with Crippen molar-refractivity contribution in [3.63, 3.8) is 0 Å². The Labute approximate surface area is 123 Å². The molecule has 2 atom stereocenters. The molecule has 114 valence electrons. The number of hydrogen-bond donors (Lipinski definition) is 1. The highest BCUT2D eigenvalue weighted by Gasteiger charge is 2.20. The lowest BCUT2D eigenvalue weighted by molar-refractivity contribution is -0.0167. The highest BCUT2D eigenvalue weighted by molar-refractivity contribution is 5.20. The van der Waals surface area contributed by atoms with Crippen molar-refractivity contribution in [2.24, 2.45) is 5.92 Å². The summed E-state index contributed by atoms with van der Waals surface area (Å²) in [6.07, 6.45) is 1.15. The smallest absolute Gasteiger partial charge is 0.0768 e. The highest BCUT2D eigenvalue weighted by Crippen LogP contribution is 2.21. The molecule has 3 nitrogen and oxygen atoms in total. The maximum absolute atomic E-state index is 5.99. The van der Waals surface area contributed by atoms with Gasteiger partial charge in [-0.1, -0.05) is 51.1 Å². The van der Waals surface area contributed by atoms with Gasteiger partial charge in [0.15, 0.2) is 0 Å². The molecule has 1 N–H and O–H groups in total. The Morgan fingerprint density at radius 3 is 2.35 bits per heavy atom. The van der Waals surface area contributed by atoms with Gasteiger partial charge in [0.25, 0.3) is 0 Å². The minimum absolute atomic E-state index is 0.171. The Kier molecular flexibility index (Phi) is 8.51. The molecule has 0 saturated carbocycles. The zero-order chi connectivity index (χ0) is 14.8. The minimum Gasteiger partial charge on any atom is -0.379 e. The molecule has 2 unspecified atom stereocenters. The predicted molar refractivity (Wildman–Crippen MR) is 83.9 cm³/mol. The summed E-state index contributed by atoms with van der Waals surface area (Å²) in [5.41, 5.74) is 1.27. The lowest BCUT2D eigenvalue weighted by Crippen LogP contribution is -2.32. The molecule has 0 bridgehead atoms. The molecule has 1 aromatic carbocycles. The first kappa shape index (κ1) is 17.2. The van der Waals surface area contributed by atoms with E-state index in [1.807, 2.05) is 13.1 Å². The summed E-state index contributed by atoms with van der Waals surface area (Å²) >= 11 is 0. The monoisotopic (exact) mass is 279 g/mol. The van der Waals surface area contributed by atoms with Crippen molar-refractivity contribution >= 4 is 0 Å². The van der Waals surface area contributed by atoms with Gasteiger partial charge in [-0.15, -0.1) is 0 Å². The van der Waals surface area contributed by atoms with Crippen molar-refractivity contribution < 1.29 is 9.47 Å². The molecule has 0 amide bonds. The maximum Gasteiger partial charge on any atom is 0.0768 e. The van der Waals surface area contributed by atoms with Gasteiger partial charge in [0.1, 0.15) is 0 Å². The van der Waals surface area contributed by atoms with E-state index in [9.17, 15) is 0 Å². The Hall–Kier alpha value is -0.900. The molecular formula is C17H29NO2. The standard InChI is InChI=1S/C17H29NO2/c1-5-16(20-12-11-19-13-14(2)3)17(18-4)15-9-7-6-8-10-15/h6-10,14,16-18H,5,11-13H2,1-4H3. The van der Waals surface area contributed by atoms with Crippen LogP contribution in [0.2, 0.25) is 0 Å². The topological polar surface area (TPSA) is 30.5 Å². The normalized spacial score (nSPS) is 14.4. The molecule has 0 radical (unpaired) electrons. The van der Waals surface area contributed by atoms with Gasteiger partial charge in [-0.25, -0.2) is 0 Å². The number of rotatable bonds is 10. The third-order valence-corrected chi connectivity index (χ3v) is 3.25. The molecule has 0 heterocycles. The number of nitrogens with one attached hydrogen (secondary N) is 1. The average molecular weight is 279 g/mol. The van der Waals surface area contributed by atoms with E-state index < -0.39 is 0 Å². The van der Waals surface area contributed by atoms with Gasteiger partial charge in [0, 0.05) is 6.61 Å². The fourth-order valence-electron chi connectivity index (χ4n) is 2.25. The first-order valence-electron chi connectivity index (χ1n) is 7.60. The van der Waals surface area contributed by atoms with Crippen LogP contribution in [-0.4, -0.2) is 33.0 Å². The second-order valence-corrected chi connectivity index (χ2v) is 5.46. The van der Waals surface area contributed by atoms with E-state index in [4.69, 9.17) is 9.47 Å². The van der Waals surface area contributed by atoms with Crippen LogP contribution >= 0.6 is 0 Å². The molecule has 0 aliphatic rings. The number of ether oxygens (including phenoxy) is 2. The Bertz CT molecular complexity index is 340. The second-order valence-electron chi connectivity index (χ2n) is 5.46. The van der Waals surface area contributed by atoms with Gasteiger partial charge >= 0.3 is 0 Å². The van der Waals surface area contributed by atoms with Crippen LogP contribution in [-0.2, 0) is 9.47 Å². The summed E-state index contributed by atoms with van der Waals surface area (Å²) in [5, 5.41) is 3.36. The zero-order valence-electron chi connectivity index (χ0n) is 13.3. The van der Waals surface area contributed by atoms with Gasteiger partial charge in [0.05, 0.1) is 25.4 Å². The third kappa shape index (κ3) is 6.04. The van der Waals surface area contributed by atoms with Crippen molar-refractivity contribution in [3.8, 4) is 0 Å². The third-order valence-electron chi connectivity index (χ3n) is 3.25. The Balaban J connectivity index is 2.43. The number of hydrogen-bond acceptors (Lipinski definition) is 3. The van der Waals surface area contributed by atoms with E-state index in [2.05, 4.69) is 50.4 Å². The molecule has 20 heavy (non-hydrogen) atoms. The SMILES string of the molecule is CCC(OCCOCC(C)C)C(NC)c1ccccc1. The van der Waals surface area contributed by atoms with Crippen LogP contribution in [0.3, 0.4) is 0 Å². The summed E-state index contributed by atoms with van der Waals surface area (Å²) in [7, 11) is 1.99. The zero-order valence-corrected chi connectivity index (χ0v) is 13.3. The number of likely N-dealkylation sites (N-methyl/N-ethyl adjacent to an activating group) is 1. The van der Waals surface area contributed by atoms with Gasteiger partial charge in [-0.05, 0) is 24.9 Å². The molecule has 1 aromatic rings. The van der Waals surface area contributed by atoms with Crippen molar-refractivity contribution in [2.75, 3.05) is 26.9 Å². The quantitative estimate of drug-likeness (QED) is 0.666. The first-order chi connectivity index (χ1) is 9.69. The van der Waals surface area contributed by atoms with Gasteiger partial charge in [-0.3, -0.25) is 0 Å². The molecule has 0 aliphatic carbocycles. The van der Waals surface area contributed by atoms with E-state index in [-0.39, 0.29) is 12.1 Å². The summed E-state index contributed by atoms with van der Waals surface area (Å²) in [4.78, 5) is 0. The highest BCUT2D eigenvalue weighted by atomic mass is 16.5. The fraction of sp³-hybridized carbons (Fsp3) is 0.647. The van der Waals surface area contributed by atoms with Crippen LogP contribution in [0.1, 0.15) is 38.8 Å². The van der Waals surface area contributed by atoms with E-state index in [1.165, 1.54) is 5.56 Å². The summed E-state index contributed by atoms with van der Waals surface area (Å²) < 4.78 is 11.6. The first-order valence-corrected chi connectivity index (χ1v) is 7.60. The molecule has 0 fully saturated rings. The summed E-state index contributed by atoms with van der Waals surface area (Å²) in [6, 6.07) is 10.7. The van der Waals surface area contributed by atoms with Crippen molar-refractivity contribution in [3.05, 3.63) is 35.9 Å². The minimum atomic E-state index is 0.171. The number of benzene rings is 1. The average Bonchev–Trinajstić information content (AvgIpc) is 2.46. The Morgan fingerprint density at radius 1 is 1.10 bits per heavy atom. The van der Waals surface area contributed by atoms with Crippen LogP contribution in [0.25, 0.3) is 0 Å². The van der Waals surface area contributed by atoms with E-state index in [1.54, 1.807) is 0 Å². The van der Waals surface area contributed by atoms with Crippen molar-refractivity contribution in [1.29, 1.82) is 0 Å². The molecule has 3 heteroatoms. The van der Waals surface area contributed by atoms with Crippen LogP contribution in [0.15, 0.2) is 30.3 Å². The summed E-state index contributed by atoms with van der Waals surface area (Å²) in [5.74, 6) is 0.575. The van der Waals surface area contributed by atoms with E-state index in [0.717, 1.165) is 13.0 Å². The lowest BCUT2D eigenvalue weighted by atomic mass is 10.00. The molecule has 0 spiro atoms. The lowest BCUT2D eigenvalue weighted by Gasteiger charge is -2.26. The Morgan fingerprint density at radius 2 is 1.80 bits per heavy atom. The van der Waals surface area contributed by atoms with Crippen LogP contribution < -0.4 is 5.32 Å². The van der Waals surface area contributed by atoms with E-state index in [0.29, 0.717) is 19.1 Å². The van der Waals surface area contributed by atoms with Crippen molar-refractivity contribution in [2.45, 2.75) is 39.3 Å². The van der Waals surface area contributed by atoms with Gasteiger partial charge < -0.3 is 14.8 Å². The molecule has 1 rings (SSSR count). The van der Waals surface area contributed by atoms with Crippen LogP contribution in [0.4, 0.5) is 0 Å². The van der Waals surface area contributed by atoms with E-state index >= 15 is 0 Å². The predicted octanol–water partition coefficient (Wildman–Crippen LogP) is 3.41. The fourth-order valence-corrected chi connectivity index (χ4v) is 2.25. The van der Waals surface area contributed by atoms with Crippen LogP contribution in [0, 0.1) is 5.92 Å². The largest absolute Gasteiger partial charge is 0.379 e. The van der Waals surface area contributed by atoms with Crippen molar-refractivity contribution in [1.82, 2.24) is 5.32 Å². The molecule has 0 saturated heterocycles.